The van der Waals surface area contributed by atoms with Crippen molar-refractivity contribution in [3.8, 4) is 5.75 Å². The van der Waals surface area contributed by atoms with Gasteiger partial charge in [-0.1, -0.05) is 31.2 Å². The van der Waals surface area contributed by atoms with Gasteiger partial charge < -0.3 is 33.2 Å². The van der Waals surface area contributed by atoms with Gasteiger partial charge in [0, 0.05) is 30.0 Å². The Hall–Kier alpha value is -2.98. The van der Waals surface area contributed by atoms with Crippen LogP contribution in [0, 0.1) is 5.92 Å². The number of aliphatic hydroxyl groups excluding tert-OH is 1. The average Bonchev–Trinajstić information content (AvgIpc) is 3.39. The summed E-state index contributed by atoms with van der Waals surface area (Å²) in [4.78, 5) is 24.9. The molecule has 5 atom stereocenters. The molecule has 1 saturated heterocycles. The lowest BCUT2D eigenvalue weighted by Gasteiger charge is -2.23. The molecule has 36 heavy (non-hydrogen) atoms. The van der Waals surface area contributed by atoms with Crippen LogP contribution in [-0.4, -0.2) is 61.5 Å². The van der Waals surface area contributed by atoms with E-state index in [-0.39, 0.29) is 29.8 Å². The van der Waals surface area contributed by atoms with Gasteiger partial charge in [0.2, 0.25) is 0 Å². The van der Waals surface area contributed by atoms with Gasteiger partial charge in [0.05, 0.1) is 6.10 Å². The number of cyclic esters (lactones) is 1. The predicted molar refractivity (Wildman–Crippen MR) is 131 cm³/mol. The van der Waals surface area contributed by atoms with E-state index in [1.54, 1.807) is 51.1 Å². The second-order valence-electron chi connectivity index (χ2n) is 9.51. The molecule has 1 unspecified atom stereocenters. The first kappa shape index (κ1) is 26.1. The molecule has 194 valence electrons. The molecule has 2 aliphatic heterocycles. The maximum absolute atomic E-state index is 13.5. The van der Waals surface area contributed by atoms with Crippen LogP contribution in [0.1, 0.15) is 60.6 Å². The second-order valence-corrected chi connectivity index (χ2v) is 9.51. The second kappa shape index (κ2) is 10.6. The number of fused-ring (bicyclic) bond motifs is 4. The summed E-state index contributed by atoms with van der Waals surface area (Å²) in [7, 11) is 1.47. The van der Waals surface area contributed by atoms with Gasteiger partial charge in [0.1, 0.15) is 35.2 Å². The van der Waals surface area contributed by atoms with Crippen LogP contribution in [0.25, 0.3) is 17.0 Å². The Kier molecular flexibility index (Phi) is 7.65. The zero-order valence-electron chi connectivity index (χ0n) is 21.1. The number of furan rings is 1. The Bertz CT molecular complexity index is 1180. The highest BCUT2D eigenvalue weighted by Crippen LogP contribution is 2.37. The van der Waals surface area contributed by atoms with E-state index >= 15 is 0 Å². The first-order valence-electron chi connectivity index (χ1n) is 11.9. The molecule has 0 amide bonds. The van der Waals surface area contributed by atoms with Crippen LogP contribution in [-0.2, 0) is 18.9 Å². The Morgan fingerprint density at radius 2 is 1.97 bits per heavy atom. The van der Waals surface area contributed by atoms with Crippen molar-refractivity contribution in [1.82, 2.24) is 0 Å². The maximum Gasteiger partial charge on any atom is 0.342 e. The molecular weight excluding hydrogens is 468 g/mol. The number of aliphatic hydroxyl groups is 1. The molecule has 0 aliphatic carbocycles. The highest BCUT2D eigenvalue weighted by atomic mass is 16.8. The molecular formula is C27H32O9. The number of carbonyl (C=O) groups is 2. The minimum Gasteiger partial charge on any atom is -0.466 e. The molecule has 4 rings (SSSR count). The van der Waals surface area contributed by atoms with Gasteiger partial charge >= 0.3 is 5.97 Å². The van der Waals surface area contributed by atoms with Crippen molar-refractivity contribution in [3.63, 3.8) is 0 Å². The van der Waals surface area contributed by atoms with Crippen molar-refractivity contribution in [1.29, 1.82) is 0 Å². The summed E-state index contributed by atoms with van der Waals surface area (Å²) < 4.78 is 34.3. The Morgan fingerprint density at radius 1 is 1.19 bits per heavy atom. The maximum atomic E-state index is 13.5. The van der Waals surface area contributed by atoms with E-state index in [1.807, 2.05) is 13.0 Å². The molecule has 9 nitrogen and oxygen atoms in total. The lowest BCUT2D eigenvalue weighted by Crippen LogP contribution is -2.34. The van der Waals surface area contributed by atoms with Crippen LogP contribution in [0.4, 0.5) is 0 Å². The molecule has 1 aromatic heterocycles. The van der Waals surface area contributed by atoms with Crippen LogP contribution in [0.3, 0.4) is 0 Å². The van der Waals surface area contributed by atoms with E-state index in [9.17, 15) is 14.7 Å². The van der Waals surface area contributed by atoms with Gasteiger partial charge in [-0.05, 0) is 33.3 Å². The van der Waals surface area contributed by atoms with Gasteiger partial charge in [-0.3, -0.25) is 4.79 Å². The number of methoxy groups -OCH3 is 1. The normalized spacial score (nSPS) is 29.2. The number of carbonyl (C=O) groups excluding carboxylic acids is 2. The molecule has 2 aromatic rings. The van der Waals surface area contributed by atoms with Crippen LogP contribution in [0.2, 0.25) is 0 Å². The van der Waals surface area contributed by atoms with Gasteiger partial charge in [-0.2, -0.15) is 0 Å². The summed E-state index contributed by atoms with van der Waals surface area (Å²) in [5, 5.41) is 11.4. The van der Waals surface area contributed by atoms with E-state index in [4.69, 9.17) is 28.1 Å². The van der Waals surface area contributed by atoms with Crippen molar-refractivity contribution in [2.24, 2.45) is 5.92 Å². The number of esters is 1. The monoisotopic (exact) mass is 500 g/mol. The average molecular weight is 501 g/mol. The van der Waals surface area contributed by atoms with E-state index in [1.165, 1.54) is 7.11 Å². The topological polar surface area (TPSA) is 114 Å². The lowest BCUT2D eigenvalue weighted by molar-refractivity contribution is -0.152. The van der Waals surface area contributed by atoms with Crippen molar-refractivity contribution in [3.05, 3.63) is 47.2 Å². The Morgan fingerprint density at radius 3 is 2.69 bits per heavy atom. The summed E-state index contributed by atoms with van der Waals surface area (Å²) >= 11 is 0. The molecule has 3 heterocycles. The quantitative estimate of drug-likeness (QED) is 0.285. The summed E-state index contributed by atoms with van der Waals surface area (Å²) in [6.45, 7) is 7.16. The van der Waals surface area contributed by atoms with Gasteiger partial charge in [-0.25, -0.2) is 4.79 Å². The van der Waals surface area contributed by atoms with Gasteiger partial charge in [0.25, 0.3) is 0 Å². The first-order valence-corrected chi connectivity index (χ1v) is 11.9. The van der Waals surface area contributed by atoms with Crippen LogP contribution >= 0.6 is 0 Å². The largest absolute Gasteiger partial charge is 0.466 e. The minimum absolute atomic E-state index is 0.104. The molecule has 0 spiro atoms. The van der Waals surface area contributed by atoms with E-state index in [0.717, 1.165) is 0 Å². The number of aldehydes is 1. The standard InChI is InChI=1S/C27H32O9/c1-15-9-10-20(29)25-21(35-27(3,4)36-25)8-6-7-18-19-11-17(13-28)34-22(19)12-23(32-14-31-5)24(18)26(30)33-16(15)2/h6-7,9-13,15-16,20-21,25,29H,8,14H2,1-5H3/b7-6?,10-9-/t15-,16+,20?,21+,25-/m1/s1. The third-order valence-corrected chi connectivity index (χ3v) is 6.36. The highest BCUT2D eigenvalue weighted by Gasteiger charge is 2.43. The molecule has 1 aromatic carbocycles. The molecule has 2 aliphatic rings. The third kappa shape index (κ3) is 5.39. The summed E-state index contributed by atoms with van der Waals surface area (Å²) in [5.74, 6) is -1.34. The fourth-order valence-corrected chi connectivity index (χ4v) is 4.42. The fraction of sp³-hybridized carbons (Fsp3) is 0.481. The van der Waals surface area contributed by atoms with Crippen molar-refractivity contribution in [2.75, 3.05) is 13.9 Å². The molecule has 9 heteroatoms. The van der Waals surface area contributed by atoms with E-state index < -0.39 is 36.2 Å². The Balaban J connectivity index is 1.87. The fourth-order valence-electron chi connectivity index (χ4n) is 4.42. The minimum atomic E-state index is -0.907. The number of hydrogen-bond acceptors (Lipinski definition) is 9. The van der Waals surface area contributed by atoms with Crippen molar-refractivity contribution >= 4 is 29.3 Å². The van der Waals surface area contributed by atoms with E-state index in [2.05, 4.69) is 0 Å². The molecule has 0 bridgehead atoms. The van der Waals surface area contributed by atoms with Crippen LogP contribution in [0.5, 0.6) is 5.75 Å². The third-order valence-electron chi connectivity index (χ3n) is 6.36. The summed E-state index contributed by atoms with van der Waals surface area (Å²) in [5.41, 5.74) is 1.04. The number of ether oxygens (including phenoxy) is 5. The van der Waals surface area contributed by atoms with Gasteiger partial charge in [0.15, 0.2) is 24.6 Å². The summed E-state index contributed by atoms with van der Waals surface area (Å²) in [6.07, 6.45) is 5.58. The number of hydrogen-bond donors (Lipinski definition) is 1. The highest BCUT2D eigenvalue weighted by molar-refractivity contribution is 6.05. The molecule has 0 radical (unpaired) electrons. The zero-order valence-corrected chi connectivity index (χ0v) is 21.1. The predicted octanol–water partition coefficient (Wildman–Crippen LogP) is 4.26. The van der Waals surface area contributed by atoms with Crippen LogP contribution in [0.15, 0.2) is 34.8 Å². The summed E-state index contributed by atoms with van der Waals surface area (Å²) in [6, 6.07) is 3.12. The molecule has 0 saturated carbocycles. The van der Waals surface area contributed by atoms with Crippen molar-refractivity contribution in [2.45, 2.75) is 64.3 Å². The SMILES string of the molecule is COCOc1cc2oc(C=O)cc2c2c1C(=O)O[C@@H](C)[C@H](C)/C=C\C(O)[C@H]1OC(C)(C)O[C@H]1CC=C2. The van der Waals surface area contributed by atoms with Gasteiger partial charge in [-0.15, -0.1) is 0 Å². The molecule has 1 N–H and O–H groups in total. The lowest BCUT2D eigenvalue weighted by atomic mass is 9.97. The smallest absolute Gasteiger partial charge is 0.342 e. The molecule has 1 fully saturated rings. The van der Waals surface area contributed by atoms with Crippen LogP contribution < -0.4 is 4.74 Å². The number of benzene rings is 1. The zero-order chi connectivity index (χ0) is 26.0. The first-order chi connectivity index (χ1) is 17.1. The van der Waals surface area contributed by atoms with E-state index in [0.29, 0.717) is 29.2 Å². The van der Waals surface area contributed by atoms with Crippen molar-refractivity contribution < 1.29 is 42.8 Å². The number of rotatable bonds is 4. The Labute approximate surface area is 209 Å².